The van der Waals surface area contributed by atoms with Gasteiger partial charge in [-0.05, 0) is 0 Å². The summed E-state index contributed by atoms with van der Waals surface area (Å²) in [6, 6.07) is 0. The van der Waals surface area contributed by atoms with Crippen LogP contribution in [-0.2, 0) is 17.1 Å². The number of hydrogen-bond donors (Lipinski definition) is 0. The van der Waals surface area contributed by atoms with Gasteiger partial charge in [-0.15, -0.1) is 0 Å². The fraction of sp³-hybridized carbons (Fsp3) is 0. The van der Waals surface area contributed by atoms with Gasteiger partial charge in [0.05, 0.1) is 0 Å². The van der Waals surface area contributed by atoms with Crippen molar-refractivity contribution in [3.63, 3.8) is 0 Å². The van der Waals surface area contributed by atoms with Gasteiger partial charge in [-0.2, -0.15) is 0 Å². The van der Waals surface area contributed by atoms with E-state index in [4.69, 9.17) is 0 Å². The molecule has 25 valence electrons. The van der Waals surface area contributed by atoms with E-state index >= 15 is 0 Å². The van der Waals surface area contributed by atoms with Gasteiger partial charge in [-0.3, -0.25) is 0 Å². The summed E-state index contributed by atoms with van der Waals surface area (Å²) in [6.07, 6.45) is 0. The molecule has 0 atom stereocenters. The molecule has 0 saturated heterocycles. The Hall–Kier alpha value is 4.72. The molecule has 0 aliphatic heterocycles. The molecule has 3 radical (unpaired) electrons. The molecule has 0 aromatic heterocycles. The van der Waals surface area contributed by atoms with Gasteiger partial charge >= 0.3 is 84.7 Å². The minimum absolute atomic E-state index is 0. The van der Waals surface area contributed by atoms with Crippen molar-refractivity contribution in [2.45, 2.75) is 0 Å². The Morgan fingerprint density at radius 3 is 1.00 bits per heavy atom. The Morgan fingerprint density at radius 2 is 1.00 bits per heavy atom. The van der Waals surface area contributed by atoms with Gasteiger partial charge in [0.1, 0.15) is 0 Å². The maximum atomic E-state index is 0. The van der Waals surface area contributed by atoms with Crippen LogP contribution in [-0.4, -0.2) is 84.7 Å². The van der Waals surface area contributed by atoms with Gasteiger partial charge in [0.2, 0.25) is 0 Å². The molecular weight excluding hydrogens is 378 g/mol. The molecule has 5 heteroatoms. The Labute approximate surface area is 139 Å². The predicted molar refractivity (Wildman–Crippen MR) is 25.6 cm³/mol. The topological polar surface area (TPSA) is 0 Å². The van der Waals surface area contributed by atoms with E-state index in [0.717, 1.165) is 0 Å². The van der Waals surface area contributed by atoms with Crippen LogP contribution < -0.4 is 0 Å². The molecule has 0 aliphatic rings. The fourth-order valence-electron chi connectivity index (χ4n) is 0. The first-order chi connectivity index (χ1) is 0. The molecule has 0 saturated carbocycles. The van der Waals surface area contributed by atoms with E-state index in [1.807, 2.05) is 0 Å². The molecule has 0 aliphatic carbocycles. The van der Waals surface area contributed by atoms with Crippen molar-refractivity contribution in [3.8, 4) is 0 Å². The van der Waals surface area contributed by atoms with E-state index in [-0.39, 0.29) is 144 Å². The molecule has 0 bridgehead atoms. The predicted octanol–water partition coefficient (Wildman–Crippen LogP) is -2.75. The van der Waals surface area contributed by atoms with E-state index in [9.17, 15) is 0 Å². The minimum atomic E-state index is 0. The van der Waals surface area contributed by atoms with Crippen molar-refractivity contribution in [1.29, 1.82) is 0 Å². The SMILES string of the molecule is [CaH2].[Ce].[MgH2].[Mn].[SnH2]. The van der Waals surface area contributed by atoms with Crippen LogP contribution in [0.3, 0.4) is 0 Å². The fourth-order valence-corrected chi connectivity index (χ4v) is 0. The first-order valence-electron chi connectivity index (χ1n) is 0. The van der Waals surface area contributed by atoms with Gasteiger partial charge in [0.15, 0.2) is 0 Å². The molecular formula is H6CaCeMgMnSn. The zero-order chi connectivity index (χ0) is 0. The van der Waals surface area contributed by atoms with E-state index < -0.39 is 0 Å². The monoisotopic (exact) mass is 385 g/mol. The Balaban J connectivity index is 0. The van der Waals surface area contributed by atoms with E-state index in [0.29, 0.717) is 0 Å². The number of hydrogen-bond acceptors (Lipinski definition) is 0. The summed E-state index contributed by atoms with van der Waals surface area (Å²) in [4.78, 5) is 0. The molecule has 0 N–H and O–H groups in total. The molecule has 0 fully saturated rings. The van der Waals surface area contributed by atoms with Crippen LogP contribution in [0, 0.1) is 41.7 Å². The van der Waals surface area contributed by atoms with Gasteiger partial charge in [-0.25, -0.2) is 0 Å². The standard InChI is InChI=1S/Ca.Ce.Mg.Mn.Sn.6H. The molecule has 0 aromatic rings. The van der Waals surface area contributed by atoms with Crippen molar-refractivity contribution < 1.29 is 58.8 Å². The first kappa shape index (κ1) is 33.2. The van der Waals surface area contributed by atoms with Crippen LogP contribution in [0.2, 0.25) is 0 Å². The zero-order valence-electron chi connectivity index (χ0n) is 1.59. The van der Waals surface area contributed by atoms with Crippen LogP contribution in [0.4, 0.5) is 0 Å². The third kappa shape index (κ3) is 17.7. The third-order valence-electron chi connectivity index (χ3n) is 0. The van der Waals surface area contributed by atoms with Crippen molar-refractivity contribution in [3.05, 3.63) is 0 Å². The van der Waals surface area contributed by atoms with E-state index in [1.165, 1.54) is 0 Å². The van der Waals surface area contributed by atoms with Gasteiger partial charge in [-0.1, -0.05) is 0 Å². The summed E-state index contributed by atoms with van der Waals surface area (Å²) >= 11 is 0. The van der Waals surface area contributed by atoms with Crippen molar-refractivity contribution in [2.75, 3.05) is 0 Å². The van der Waals surface area contributed by atoms with Crippen LogP contribution >= 0.6 is 0 Å². The molecule has 0 rings (SSSR count). The summed E-state index contributed by atoms with van der Waals surface area (Å²) in [5.74, 6) is 0. The molecule has 0 spiro atoms. The third-order valence-corrected chi connectivity index (χ3v) is 0. The molecule has 0 unspecified atom stereocenters. The summed E-state index contributed by atoms with van der Waals surface area (Å²) in [5.41, 5.74) is 0. The van der Waals surface area contributed by atoms with Gasteiger partial charge < -0.3 is 0 Å². The quantitative estimate of drug-likeness (QED) is 0.398. The second kappa shape index (κ2) is 23.3. The normalized spacial score (nSPS) is 0. The van der Waals surface area contributed by atoms with Gasteiger partial charge in [0.25, 0.3) is 0 Å². The van der Waals surface area contributed by atoms with E-state index in [2.05, 4.69) is 0 Å². The summed E-state index contributed by atoms with van der Waals surface area (Å²) in [5, 5.41) is 0. The first-order valence-corrected chi connectivity index (χ1v) is 0. The molecule has 5 heavy (non-hydrogen) atoms. The van der Waals surface area contributed by atoms with Crippen LogP contribution in [0.1, 0.15) is 0 Å². The Kier molecular flexibility index (Phi) is 155. The van der Waals surface area contributed by atoms with Crippen LogP contribution in [0.25, 0.3) is 0 Å². The molecule has 0 nitrogen and oxygen atoms in total. The van der Waals surface area contributed by atoms with E-state index in [1.54, 1.807) is 0 Å². The Bertz CT molecular complexity index is 11.6. The molecule has 0 aromatic carbocycles. The van der Waals surface area contributed by atoms with Crippen LogP contribution in [0.15, 0.2) is 0 Å². The maximum absolute atomic E-state index is 0. The Morgan fingerprint density at radius 1 is 1.00 bits per heavy atom. The van der Waals surface area contributed by atoms with Crippen molar-refractivity contribution in [1.82, 2.24) is 0 Å². The second-order valence-electron chi connectivity index (χ2n) is 0. The average Bonchev–Trinajstić information content (AvgIpc) is 0. The zero-order valence-corrected chi connectivity index (χ0v) is 9.94. The summed E-state index contributed by atoms with van der Waals surface area (Å²) in [6.45, 7) is 0. The van der Waals surface area contributed by atoms with Crippen molar-refractivity contribution in [2.24, 2.45) is 0 Å². The molecule has 0 heterocycles. The molecule has 0 amide bonds. The van der Waals surface area contributed by atoms with Crippen LogP contribution in [0.5, 0.6) is 0 Å². The van der Waals surface area contributed by atoms with Gasteiger partial charge in [0, 0.05) is 58.8 Å². The summed E-state index contributed by atoms with van der Waals surface area (Å²) in [7, 11) is 0. The van der Waals surface area contributed by atoms with Crippen molar-refractivity contribution >= 4 is 84.7 Å². The number of rotatable bonds is 0. The summed E-state index contributed by atoms with van der Waals surface area (Å²) < 4.78 is 0. The average molecular weight is 384 g/mol. The second-order valence-corrected chi connectivity index (χ2v) is 0.